The van der Waals surface area contributed by atoms with E-state index in [2.05, 4.69) is 59.4 Å². The molecule has 1 aliphatic heterocycles. The molecule has 0 aromatic heterocycles. The van der Waals surface area contributed by atoms with Gasteiger partial charge in [0.2, 0.25) is 0 Å². The molecule has 1 atom stereocenters. The summed E-state index contributed by atoms with van der Waals surface area (Å²) in [5, 5.41) is 3.35. The summed E-state index contributed by atoms with van der Waals surface area (Å²) < 4.78 is 5.70. The van der Waals surface area contributed by atoms with Crippen LogP contribution in [0.1, 0.15) is 43.0 Å². The summed E-state index contributed by atoms with van der Waals surface area (Å²) in [7, 11) is 0. The number of para-hydroxylation sites is 1. The van der Waals surface area contributed by atoms with Gasteiger partial charge in [-0.25, -0.2) is 4.99 Å². The van der Waals surface area contributed by atoms with Crippen LogP contribution in [0.15, 0.2) is 53.5 Å². The van der Waals surface area contributed by atoms with Crippen LogP contribution in [0.3, 0.4) is 0 Å². The Morgan fingerprint density at radius 1 is 1.14 bits per heavy atom. The lowest BCUT2D eigenvalue weighted by atomic mass is 10.0. The Morgan fingerprint density at radius 3 is 2.68 bits per heavy atom. The maximum Gasteiger partial charge on any atom is 0.189 e. The highest BCUT2D eigenvalue weighted by atomic mass is 127. The standard InChI is InChI=1S/C22H30N4O.HI/c1-3-26(4-2)16-18-9-7-8-17(14-18)15-24-22(23)25-20-12-13-27-21-11-6-5-10-19(20)21;/h5-11,14,20H,3-4,12-13,15-16H2,1-2H3,(H3,23,24,25);1H. The molecule has 0 radical (unpaired) electrons. The monoisotopic (exact) mass is 494 g/mol. The first kappa shape index (κ1) is 22.5. The third-order valence-electron chi connectivity index (χ3n) is 5.00. The topological polar surface area (TPSA) is 62.9 Å². The molecule has 2 aromatic carbocycles. The summed E-state index contributed by atoms with van der Waals surface area (Å²) in [6.45, 7) is 8.74. The van der Waals surface area contributed by atoms with Gasteiger partial charge in [-0.15, -0.1) is 24.0 Å². The zero-order valence-electron chi connectivity index (χ0n) is 16.7. The lowest BCUT2D eigenvalue weighted by molar-refractivity contribution is 0.262. The molecule has 0 fully saturated rings. The molecule has 0 spiro atoms. The number of hydrogen-bond donors (Lipinski definition) is 2. The second-order valence-corrected chi connectivity index (χ2v) is 6.85. The van der Waals surface area contributed by atoms with Crippen molar-refractivity contribution in [3.63, 3.8) is 0 Å². The molecule has 0 bridgehead atoms. The summed E-state index contributed by atoms with van der Waals surface area (Å²) in [6, 6.07) is 16.8. The van der Waals surface area contributed by atoms with Crippen LogP contribution in [0, 0.1) is 0 Å². The molecule has 1 heterocycles. The highest BCUT2D eigenvalue weighted by Gasteiger charge is 2.21. The SMILES string of the molecule is CCN(CC)Cc1cccc(CN=C(N)NC2CCOc3ccccc32)c1.I. The number of hydrogen-bond acceptors (Lipinski definition) is 3. The van der Waals surface area contributed by atoms with Crippen molar-refractivity contribution in [1.29, 1.82) is 0 Å². The minimum Gasteiger partial charge on any atom is -0.493 e. The first-order chi connectivity index (χ1) is 13.2. The Labute approximate surface area is 185 Å². The Morgan fingerprint density at radius 2 is 1.89 bits per heavy atom. The van der Waals surface area contributed by atoms with Gasteiger partial charge in [0.15, 0.2) is 5.96 Å². The van der Waals surface area contributed by atoms with Gasteiger partial charge in [0.25, 0.3) is 0 Å². The van der Waals surface area contributed by atoms with Crippen molar-refractivity contribution in [2.75, 3.05) is 19.7 Å². The zero-order chi connectivity index (χ0) is 19.1. The van der Waals surface area contributed by atoms with Crippen LogP contribution in [-0.4, -0.2) is 30.6 Å². The number of guanidine groups is 1. The molecule has 6 heteroatoms. The first-order valence-corrected chi connectivity index (χ1v) is 9.78. The Kier molecular flexibility index (Phi) is 9.05. The number of nitrogens with one attached hydrogen (secondary N) is 1. The molecule has 0 saturated heterocycles. The average Bonchev–Trinajstić information content (AvgIpc) is 2.71. The third-order valence-corrected chi connectivity index (χ3v) is 5.00. The minimum atomic E-state index is 0. The maximum atomic E-state index is 6.16. The lowest BCUT2D eigenvalue weighted by Crippen LogP contribution is -2.37. The van der Waals surface area contributed by atoms with Gasteiger partial charge in [-0.1, -0.05) is 56.3 Å². The maximum absolute atomic E-state index is 6.16. The van der Waals surface area contributed by atoms with Crippen LogP contribution in [-0.2, 0) is 13.1 Å². The molecular formula is C22H31IN4O. The molecule has 152 valence electrons. The fraction of sp³-hybridized carbons (Fsp3) is 0.409. The molecule has 0 saturated carbocycles. The fourth-order valence-electron chi connectivity index (χ4n) is 3.42. The number of nitrogens with zero attached hydrogens (tertiary/aromatic N) is 2. The van der Waals surface area contributed by atoms with E-state index in [1.165, 1.54) is 11.1 Å². The molecule has 1 unspecified atom stereocenters. The summed E-state index contributed by atoms with van der Waals surface area (Å²) >= 11 is 0. The zero-order valence-corrected chi connectivity index (χ0v) is 19.1. The van der Waals surface area contributed by atoms with E-state index in [0.29, 0.717) is 19.1 Å². The quantitative estimate of drug-likeness (QED) is 0.346. The van der Waals surface area contributed by atoms with E-state index >= 15 is 0 Å². The van der Waals surface area contributed by atoms with Gasteiger partial charge in [0, 0.05) is 18.5 Å². The van der Waals surface area contributed by atoms with Gasteiger partial charge in [-0.3, -0.25) is 4.90 Å². The largest absolute Gasteiger partial charge is 0.493 e. The van der Waals surface area contributed by atoms with E-state index in [4.69, 9.17) is 10.5 Å². The molecule has 3 rings (SSSR count). The number of halogens is 1. The number of fused-ring (bicyclic) bond motifs is 1. The minimum absolute atomic E-state index is 0. The van der Waals surface area contributed by atoms with Crippen molar-refractivity contribution in [1.82, 2.24) is 10.2 Å². The summed E-state index contributed by atoms with van der Waals surface area (Å²) in [5.74, 6) is 1.41. The number of rotatable bonds is 7. The van der Waals surface area contributed by atoms with Crippen molar-refractivity contribution in [2.24, 2.45) is 10.7 Å². The average molecular weight is 494 g/mol. The highest BCUT2D eigenvalue weighted by Crippen LogP contribution is 2.31. The molecule has 5 nitrogen and oxygen atoms in total. The van der Waals surface area contributed by atoms with E-state index in [-0.39, 0.29) is 30.0 Å². The fourth-order valence-corrected chi connectivity index (χ4v) is 3.42. The van der Waals surface area contributed by atoms with Crippen LogP contribution >= 0.6 is 24.0 Å². The Hall–Kier alpha value is -1.80. The van der Waals surface area contributed by atoms with Gasteiger partial charge in [-0.05, 0) is 30.3 Å². The number of benzene rings is 2. The van der Waals surface area contributed by atoms with Crippen LogP contribution in [0.2, 0.25) is 0 Å². The van der Waals surface area contributed by atoms with Crippen LogP contribution < -0.4 is 15.8 Å². The molecule has 1 aliphatic rings. The van der Waals surface area contributed by atoms with Gasteiger partial charge in [0.1, 0.15) is 5.75 Å². The Bertz CT molecular complexity index is 777. The highest BCUT2D eigenvalue weighted by molar-refractivity contribution is 14.0. The van der Waals surface area contributed by atoms with Crippen molar-refractivity contribution >= 4 is 29.9 Å². The van der Waals surface area contributed by atoms with E-state index in [9.17, 15) is 0 Å². The number of aliphatic imine (C=N–C) groups is 1. The van der Waals surface area contributed by atoms with E-state index in [1.807, 2.05) is 18.2 Å². The summed E-state index contributed by atoms with van der Waals surface area (Å²) in [6.07, 6.45) is 0.882. The summed E-state index contributed by atoms with van der Waals surface area (Å²) in [5.41, 5.74) is 9.80. The van der Waals surface area contributed by atoms with Gasteiger partial charge < -0.3 is 15.8 Å². The van der Waals surface area contributed by atoms with E-state index in [0.717, 1.165) is 37.4 Å². The third kappa shape index (κ3) is 6.10. The summed E-state index contributed by atoms with van der Waals surface area (Å²) in [4.78, 5) is 6.95. The van der Waals surface area contributed by atoms with Crippen LogP contribution in [0.4, 0.5) is 0 Å². The van der Waals surface area contributed by atoms with Gasteiger partial charge in [0.05, 0.1) is 19.2 Å². The molecule has 28 heavy (non-hydrogen) atoms. The normalized spacial score (nSPS) is 16.1. The van der Waals surface area contributed by atoms with Crippen molar-refractivity contribution < 1.29 is 4.74 Å². The van der Waals surface area contributed by atoms with Crippen molar-refractivity contribution in [2.45, 2.75) is 39.4 Å². The van der Waals surface area contributed by atoms with Crippen molar-refractivity contribution in [3.8, 4) is 5.75 Å². The second-order valence-electron chi connectivity index (χ2n) is 6.85. The molecule has 3 N–H and O–H groups in total. The van der Waals surface area contributed by atoms with Crippen molar-refractivity contribution in [3.05, 3.63) is 65.2 Å². The number of ether oxygens (including phenoxy) is 1. The van der Waals surface area contributed by atoms with E-state index in [1.54, 1.807) is 0 Å². The first-order valence-electron chi connectivity index (χ1n) is 9.78. The lowest BCUT2D eigenvalue weighted by Gasteiger charge is -2.26. The predicted molar refractivity (Wildman–Crippen MR) is 126 cm³/mol. The van der Waals surface area contributed by atoms with Crippen LogP contribution in [0.25, 0.3) is 0 Å². The predicted octanol–water partition coefficient (Wildman–Crippen LogP) is 4.07. The number of nitrogens with two attached hydrogens (primary N) is 1. The molecule has 0 amide bonds. The van der Waals surface area contributed by atoms with Gasteiger partial charge >= 0.3 is 0 Å². The smallest absolute Gasteiger partial charge is 0.189 e. The molecule has 0 aliphatic carbocycles. The molecule has 2 aromatic rings. The van der Waals surface area contributed by atoms with Gasteiger partial charge in [-0.2, -0.15) is 0 Å². The Balaban J connectivity index is 0.00000280. The van der Waals surface area contributed by atoms with Crippen LogP contribution in [0.5, 0.6) is 5.75 Å². The second kappa shape index (κ2) is 11.3. The molecular weight excluding hydrogens is 463 g/mol. The van der Waals surface area contributed by atoms with E-state index < -0.39 is 0 Å².